The van der Waals surface area contributed by atoms with Gasteiger partial charge in [-0.1, -0.05) is 18.2 Å². The number of amides is 1. The zero-order valence-electron chi connectivity index (χ0n) is 12.2. The lowest BCUT2D eigenvalue weighted by atomic mass is 10.2. The van der Waals surface area contributed by atoms with Crippen molar-refractivity contribution in [1.29, 1.82) is 0 Å². The molecule has 1 aromatic rings. The van der Waals surface area contributed by atoms with Crippen molar-refractivity contribution in [2.75, 3.05) is 6.61 Å². The number of hydroxylamine groups is 1. The standard InChI is InChI=1S/C13H17NO6S/c1-5-19-13(16)14(20-11(4)15)21(17,18)12-9(2)7-6-8-10(12)3/h6-8H,5H2,1-4H3. The van der Waals surface area contributed by atoms with E-state index in [-0.39, 0.29) is 16.0 Å². The van der Waals surface area contributed by atoms with Gasteiger partial charge < -0.3 is 9.57 Å². The average Bonchev–Trinajstić information content (AvgIpc) is 2.35. The number of aryl methyl sites for hydroxylation is 2. The number of nitrogens with zero attached hydrogens (tertiary/aromatic N) is 1. The van der Waals surface area contributed by atoms with Crippen molar-refractivity contribution in [2.24, 2.45) is 0 Å². The highest BCUT2D eigenvalue weighted by atomic mass is 32.2. The molecule has 21 heavy (non-hydrogen) atoms. The van der Waals surface area contributed by atoms with Gasteiger partial charge >= 0.3 is 22.1 Å². The molecule has 0 atom stereocenters. The van der Waals surface area contributed by atoms with Gasteiger partial charge in [-0.15, -0.1) is 0 Å². The van der Waals surface area contributed by atoms with Crippen molar-refractivity contribution in [3.63, 3.8) is 0 Å². The van der Waals surface area contributed by atoms with Crippen LogP contribution in [0.5, 0.6) is 0 Å². The number of sulfonamides is 1. The predicted octanol–water partition coefficient (Wildman–Crippen LogP) is 1.93. The van der Waals surface area contributed by atoms with Gasteiger partial charge in [0.1, 0.15) is 0 Å². The minimum absolute atomic E-state index is 0.0197. The molecule has 1 amide bonds. The van der Waals surface area contributed by atoms with Crippen molar-refractivity contribution in [3.8, 4) is 0 Å². The maximum Gasteiger partial charge on any atom is 0.458 e. The van der Waals surface area contributed by atoms with Crippen molar-refractivity contribution in [3.05, 3.63) is 29.3 Å². The average molecular weight is 315 g/mol. The first-order chi connectivity index (χ1) is 9.71. The van der Waals surface area contributed by atoms with E-state index in [2.05, 4.69) is 9.57 Å². The van der Waals surface area contributed by atoms with E-state index in [4.69, 9.17) is 0 Å². The van der Waals surface area contributed by atoms with Crippen molar-refractivity contribution < 1.29 is 27.6 Å². The maximum absolute atomic E-state index is 12.6. The van der Waals surface area contributed by atoms with Gasteiger partial charge in [0.15, 0.2) is 0 Å². The Bertz CT molecular complexity index is 632. The van der Waals surface area contributed by atoms with Crippen molar-refractivity contribution in [2.45, 2.75) is 32.6 Å². The summed E-state index contributed by atoms with van der Waals surface area (Å²) in [5, 5.41) is 0. The van der Waals surface area contributed by atoms with Crippen LogP contribution in [0.25, 0.3) is 0 Å². The second-order valence-corrected chi connectivity index (χ2v) is 5.92. The first-order valence-corrected chi connectivity index (χ1v) is 7.62. The molecule has 0 spiro atoms. The van der Waals surface area contributed by atoms with Gasteiger partial charge in [-0.2, -0.15) is 8.42 Å². The Hall–Kier alpha value is -2.09. The highest BCUT2D eigenvalue weighted by Crippen LogP contribution is 2.24. The van der Waals surface area contributed by atoms with Crippen LogP contribution in [0, 0.1) is 13.8 Å². The topological polar surface area (TPSA) is 90.0 Å². The smallest absolute Gasteiger partial charge is 0.447 e. The molecule has 8 heteroatoms. The Morgan fingerprint density at radius 3 is 2.14 bits per heavy atom. The molecular weight excluding hydrogens is 298 g/mol. The molecule has 7 nitrogen and oxygen atoms in total. The molecule has 0 N–H and O–H groups in total. The third kappa shape index (κ3) is 3.72. The number of hydrogen-bond acceptors (Lipinski definition) is 6. The van der Waals surface area contributed by atoms with Crippen LogP contribution >= 0.6 is 0 Å². The summed E-state index contributed by atoms with van der Waals surface area (Å²) < 4.78 is 29.8. The molecule has 116 valence electrons. The van der Waals surface area contributed by atoms with E-state index in [1.807, 2.05) is 0 Å². The molecule has 0 aliphatic heterocycles. The molecule has 0 unspecified atom stereocenters. The Kier molecular flexibility index (Phi) is 5.31. The molecular formula is C13H17NO6S. The quantitative estimate of drug-likeness (QED) is 0.792. The Balaban J connectivity index is 3.40. The largest absolute Gasteiger partial charge is 0.458 e. The molecule has 1 aromatic carbocycles. The van der Waals surface area contributed by atoms with E-state index < -0.39 is 22.1 Å². The summed E-state index contributed by atoms with van der Waals surface area (Å²) in [6.07, 6.45) is -1.27. The van der Waals surface area contributed by atoms with Crippen LogP contribution < -0.4 is 0 Å². The minimum Gasteiger partial charge on any atom is -0.447 e. The number of benzene rings is 1. The van der Waals surface area contributed by atoms with Crippen LogP contribution in [0.2, 0.25) is 0 Å². The predicted molar refractivity (Wildman–Crippen MR) is 73.7 cm³/mol. The Morgan fingerprint density at radius 2 is 1.71 bits per heavy atom. The van der Waals surface area contributed by atoms with E-state index in [0.29, 0.717) is 11.1 Å². The number of rotatable bonds is 3. The molecule has 1 rings (SSSR count). The summed E-state index contributed by atoms with van der Waals surface area (Å²) in [5.74, 6) is -0.946. The van der Waals surface area contributed by atoms with Gasteiger partial charge in [-0.25, -0.2) is 9.59 Å². The molecule has 0 aromatic heterocycles. The van der Waals surface area contributed by atoms with E-state index in [9.17, 15) is 18.0 Å². The fourth-order valence-corrected chi connectivity index (χ4v) is 3.33. The molecule has 0 aliphatic carbocycles. The number of carbonyl (C=O) groups is 2. The van der Waals surface area contributed by atoms with E-state index >= 15 is 0 Å². The molecule has 0 saturated carbocycles. The lowest BCUT2D eigenvalue weighted by molar-refractivity contribution is -0.162. The lowest BCUT2D eigenvalue weighted by Gasteiger charge is -2.21. The molecule has 0 fully saturated rings. The van der Waals surface area contributed by atoms with Gasteiger partial charge in [0, 0.05) is 6.92 Å². The molecule has 0 saturated heterocycles. The van der Waals surface area contributed by atoms with E-state index in [0.717, 1.165) is 6.92 Å². The highest BCUT2D eigenvalue weighted by Gasteiger charge is 2.36. The molecule has 0 radical (unpaired) electrons. The Morgan fingerprint density at radius 1 is 1.19 bits per heavy atom. The second-order valence-electron chi connectivity index (χ2n) is 4.23. The SMILES string of the molecule is CCOC(=O)N(OC(C)=O)S(=O)(=O)c1c(C)cccc1C. The maximum atomic E-state index is 12.6. The number of ether oxygens (including phenoxy) is 1. The third-order valence-corrected chi connectivity index (χ3v) is 4.33. The van der Waals surface area contributed by atoms with Crippen molar-refractivity contribution in [1.82, 2.24) is 4.47 Å². The monoisotopic (exact) mass is 315 g/mol. The summed E-state index contributed by atoms with van der Waals surface area (Å²) in [6, 6.07) is 4.85. The molecule has 0 bridgehead atoms. The van der Waals surface area contributed by atoms with Gasteiger partial charge in [0.25, 0.3) is 0 Å². The van der Waals surface area contributed by atoms with E-state index in [1.54, 1.807) is 32.0 Å². The fourth-order valence-electron chi connectivity index (χ4n) is 1.77. The van der Waals surface area contributed by atoms with Crippen LogP contribution in [-0.2, 0) is 24.4 Å². The van der Waals surface area contributed by atoms with Crippen LogP contribution in [0.15, 0.2) is 23.1 Å². The van der Waals surface area contributed by atoms with Crippen LogP contribution in [0.4, 0.5) is 4.79 Å². The van der Waals surface area contributed by atoms with Gasteiger partial charge in [-0.3, -0.25) is 0 Å². The summed E-state index contributed by atoms with van der Waals surface area (Å²) in [5.41, 5.74) is 0.855. The summed E-state index contributed by atoms with van der Waals surface area (Å²) in [4.78, 5) is 27.3. The lowest BCUT2D eigenvalue weighted by Crippen LogP contribution is -2.39. The van der Waals surface area contributed by atoms with Crippen LogP contribution in [0.1, 0.15) is 25.0 Å². The molecule has 0 heterocycles. The first kappa shape index (κ1) is 17.0. The zero-order valence-corrected chi connectivity index (χ0v) is 13.1. The first-order valence-electron chi connectivity index (χ1n) is 6.18. The normalized spacial score (nSPS) is 10.9. The zero-order chi connectivity index (χ0) is 16.2. The van der Waals surface area contributed by atoms with Crippen LogP contribution in [-0.4, -0.2) is 31.6 Å². The molecule has 0 aliphatic rings. The second kappa shape index (κ2) is 6.57. The van der Waals surface area contributed by atoms with Gasteiger partial charge in [0.2, 0.25) is 0 Å². The minimum atomic E-state index is -4.36. The van der Waals surface area contributed by atoms with Crippen molar-refractivity contribution >= 4 is 22.1 Å². The fraction of sp³-hybridized carbons (Fsp3) is 0.385. The number of carbonyl (C=O) groups excluding carboxylic acids is 2. The summed E-state index contributed by atoms with van der Waals surface area (Å²) in [7, 11) is -4.36. The van der Waals surface area contributed by atoms with Gasteiger partial charge in [0.05, 0.1) is 11.5 Å². The number of hydrogen-bond donors (Lipinski definition) is 0. The Labute approximate surface area is 123 Å². The third-order valence-electron chi connectivity index (χ3n) is 2.51. The van der Waals surface area contributed by atoms with Crippen LogP contribution in [0.3, 0.4) is 0 Å². The summed E-state index contributed by atoms with van der Waals surface area (Å²) in [6.45, 7) is 5.61. The summed E-state index contributed by atoms with van der Waals surface area (Å²) >= 11 is 0. The van der Waals surface area contributed by atoms with E-state index in [1.165, 1.54) is 6.92 Å². The van der Waals surface area contributed by atoms with Gasteiger partial charge in [-0.05, 0) is 36.4 Å². The highest BCUT2D eigenvalue weighted by molar-refractivity contribution is 7.89.